The first-order chi connectivity index (χ1) is 10.1. The Bertz CT molecular complexity index is 608. The number of anilines is 1. The van der Waals surface area contributed by atoms with Gasteiger partial charge in [-0.3, -0.25) is 15.0 Å². The standard InChI is InChI=1S/C15H19N3O2S/c1-10-8-14(20-17-10)16-15(19)11(2)18-6-3-4-13(18)12-5-7-21-9-12/h5,7-9,11,13H,3-4,6H2,1-2H3,(H,16,19). The number of rotatable bonds is 4. The van der Waals surface area contributed by atoms with Gasteiger partial charge in [-0.15, -0.1) is 0 Å². The minimum Gasteiger partial charge on any atom is -0.338 e. The molecule has 0 aliphatic carbocycles. The third-order valence-corrected chi connectivity index (χ3v) is 4.67. The number of nitrogens with zero attached hydrogens (tertiary/aromatic N) is 2. The van der Waals surface area contributed by atoms with Gasteiger partial charge in [0.25, 0.3) is 0 Å². The molecule has 0 aromatic carbocycles. The van der Waals surface area contributed by atoms with E-state index >= 15 is 0 Å². The largest absolute Gasteiger partial charge is 0.338 e. The van der Waals surface area contributed by atoms with E-state index in [0.29, 0.717) is 11.9 Å². The maximum absolute atomic E-state index is 12.4. The van der Waals surface area contributed by atoms with Gasteiger partial charge in [-0.2, -0.15) is 11.3 Å². The summed E-state index contributed by atoms with van der Waals surface area (Å²) < 4.78 is 5.05. The molecule has 0 spiro atoms. The zero-order valence-corrected chi connectivity index (χ0v) is 13.0. The lowest BCUT2D eigenvalue weighted by Gasteiger charge is -2.29. The van der Waals surface area contributed by atoms with Crippen molar-refractivity contribution in [3.63, 3.8) is 0 Å². The van der Waals surface area contributed by atoms with E-state index in [4.69, 9.17) is 4.52 Å². The fraction of sp³-hybridized carbons (Fsp3) is 0.467. The Morgan fingerprint density at radius 2 is 2.48 bits per heavy atom. The summed E-state index contributed by atoms with van der Waals surface area (Å²) in [5.41, 5.74) is 2.07. The van der Waals surface area contributed by atoms with E-state index in [-0.39, 0.29) is 11.9 Å². The average Bonchev–Trinajstić information content (AvgIpc) is 3.18. The predicted octanol–water partition coefficient (Wildman–Crippen LogP) is 3.21. The van der Waals surface area contributed by atoms with Crippen LogP contribution in [0.1, 0.15) is 37.1 Å². The van der Waals surface area contributed by atoms with Crippen molar-refractivity contribution in [2.24, 2.45) is 0 Å². The molecule has 3 heterocycles. The molecule has 1 fully saturated rings. The van der Waals surface area contributed by atoms with Gasteiger partial charge < -0.3 is 4.52 Å². The molecule has 3 rings (SSSR count). The molecule has 2 aromatic rings. The second kappa shape index (κ2) is 5.99. The smallest absolute Gasteiger partial charge is 0.243 e. The molecule has 2 unspecified atom stereocenters. The van der Waals surface area contributed by atoms with Crippen molar-refractivity contribution in [3.8, 4) is 0 Å². The highest BCUT2D eigenvalue weighted by atomic mass is 32.1. The van der Waals surface area contributed by atoms with Crippen LogP contribution in [0.5, 0.6) is 0 Å². The number of carbonyl (C=O) groups is 1. The van der Waals surface area contributed by atoms with Crippen LogP contribution in [0.3, 0.4) is 0 Å². The van der Waals surface area contributed by atoms with Crippen molar-refractivity contribution in [1.29, 1.82) is 0 Å². The van der Waals surface area contributed by atoms with Gasteiger partial charge >= 0.3 is 0 Å². The topological polar surface area (TPSA) is 58.4 Å². The Balaban J connectivity index is 1.68. The molecule has 112 valence electrons. The molecule has 2 aromatic heterocycles. The highest BCUT2D eigenvalue weighted by molar-refractivity contribution is 7.07. The minimum atomic E-state index is -0.192. The van der Waals surface area contributed by atoms with Crippen LogP contribution in [0.4, 0.5) is 5.88 Å². The highest BCUT2D eigenvalue weighted by Crippen LogP contribution is 2.34. The number of hydrogen-bond donors (Lipinski definition) is 1. The summed E-state index contributed by atoms with van der Waals surface area (Å²) >= 11 is 1.70. The number of likely N-dealkylation sites (tertiary alicyclic amines) is 1. The fourth-order valence-electron chi connectivity index (χ4n) is 2.87. The molecule has 1 aliphatic rings. The summed E-state index contributed by atoms with van der Waals surface area (Å²) in [6, 6.07) is 4.03. The Hall–Kier alpha value is -1.66. The quantitative estimate of drug-likeness (QED) is 0.942. The van der Waals surface area contributed by atoms with Gasteiger partial charge in [0.05, 0.1) is 11.7 Å². The number of thiophene rings is 1. The predicted molar refractivity (Wildman–Crippen MR) is 82.3 cm³/mol. The molecular weight excluding hydrogens is 286 g/mol. The van der Waals surface area contributed by atoms with Crippen molar-refractivity contribution in [3.05, 3.63) is 34.2 Å². The van der Waals surface area contributed by atoms with Crippen LogP contribution in [-0.4, -0.2) is 28.6 Å². The SMILES string of the molecule is Cc1cc(NC(=O)C(C)N2CCCC2c2ccsc2)on1. The van der Waals surface area contributed by atoms with Gasteiger partial charge in [0.1, 0.15) is 0 Å². The van der Waals surface area contributed by atoms with E-state index in [1.807, 2.05) is 13.8 Å². The number of nitrogens with one attached hydrogen (secondary N) is 1. The molecule has 1 saturated heterocycles. The zero-order valence-electron chi connectivity index (χ0n) is 12.2. The first kappa shape index (κ1) is 14.3. The average molecular weight is 305 g/mol. The number of hydrogen-bond acceptors (Lipinski definition) is 5. The molecule has 2 atom stereocenters. The van der Waals surface area contributed by atoms with Crippen molar-refractivity contribution in [1.82, 2.24) is 10.1 Å². The van der Waals surface area contributed by atoms with Crippen LogP contribution in [-0.2, 0) is 4.79 Å². The maximum Gasteiger partial charge on any atom is 0.243 e. The van der Waals surface area contributed by atoms with E-state index < -0.39 is 0 Å². The third-order valence-electron chi connectivity index (χ3n) is 3.97. The number of carbonyl (C=O) groups excluding carboxylic acids is 1. The first-order valence-corrected chi connectivity index (χ1v) is 8.11. The molecule has 0 saturated carbocycles. The molecular formula is C15H19N3O2S. The zero-order chi connectivity index (χ0) is 14.8. The Morgan fingerprint density at radius 3 is 3.14 bits per heavy atom. The first-order valence-electron chi connectivity index (χ1n) is 7.17. The van der Waals surface area contributed by atoms with E-state index in [2.05, 4.69) is 32.2 Å². The van der Waals surface area contributed by atoms with Crippen molar-refractivity contribution in [2.45, 2.75) is 38.8 Å². The van der Waals surface area contributed by atoms with Crippen LogP contribution in [0.25, 0.3) is 0 Å². The van der Waals surface area contributed by atoms with Crippen LogP contribution in [0.2, 0.25) is 0 Å². The van der Waals surface area contributed by atoms with Crippen molar-refractivity contribution in [2.75, 3.05) is 11.9 Å². The van der Waals surface area contributed by atoms with Crippen LogP contribution < -0.4 is 5.32 Å². The molecule has 1 amide bonds. The Kier molecular flexibility index (Phi) is 4.07. The molecule has 1 N–H and O–H groups in total. The molecule has 5 nitrogen and oxygen atoms in total. The van der Waals surface area contributed by atoms with Gasteiger partial charge in [-0.1, -0.05) is 5.16 Å². The second-order valence-corrected chi connectivity index (χ2v) is 6.23. The van der Waals surface area contributed by atoms with Gasteiger partial charge in [-0.05, 0) is 55.6 Å². The van der Waals surface area contributed by atoms with Gasteiger partial charge in [0, 0.05) is 12.1 Å². The fourth-order valence-corrected chi connectivity index (χ4v) is 3.58. The molecule has 0 radical (unpaired) electrons. The van der Waals surface area contributed by atoms with Gasteiger partial charge in [0.2, 0.25) is 11.8 Å². The van der Waals surface area contributed by atoms with Crippen LogP contribution >= 0.6 is 11.3 Å². The minimum absolute atomic E-state index is 0.0479. The van der Waals surface area contributed by atoms with Crippen LogP contribution in [0, 0.1) is 6.92 Å². The van der Waals surface area contributed by atoms with Crippen molar-refractivity contribution < 1.29 is 9.32 Å². The van der Waals surface area contributed by atoms with E-state index in [1.54, 1.807) is 17.4 Å². The second-order valence-electron chi connectivity index (χ2n) is 5.45. The summed E-state index contributed by atoms with van der Waals surface area (Å²) in [4.78, 5) is 14.7. The summed E-state index contributed by atoms with van der Waals surface area (Å²) in [7, 11) is 0. The molecule has 1 aliphatic heterocycles. The lowest BCUT2D eigenvalue weighted by atomic mass is 10.1. The summed E-state index contributed by atoms with van der Waals surface area (Å²) in [5, 5.41) is 10.8. The number of amides is 1. The normalized spacial score (nSPS) is 20.6. The van der Waals surface area contributed by atoms with E-state index in [9.17, 15) is 4.79 Å². The molecule has 6 heteroatoms. The Labute approximate surface area is 127 Å². The van der Waals surface area contributed by atoms with Crippen molar-refractivity contribution >= 4 is 23.1 Å². The number of aromatic nitrogens is 1. The number of aryl methyl sites for hydroxylation is 1. The third kappa shape index (κ3) is 3.01. The van der Waals surface area contributed by atoms with Gasteiger partial charge in [0.15, 0.2) is 0 Å². The summed E-state index contributed by atoms with van der Waals surface area (Å²) in [6.45, 7) is 4.73. The Morgan fingerprint density at radius 1 is 1.62 bits per heavy atom. The summed E-state index contributed by atoms with van der Waals surface area (Å²) in [6.07, 6.45) is 2.23. The van der Waals surface area contributed by atoms with Gasteiger partial charge in [-0.25, -0.2) is 0 Å². The molecule has 0 bridgehead atoms. The van der Waals surface area contributed by atoms with Crippen LogP contribution in [0.15, 0.2) is 27.4 Å². The summed E-state index contributed by atoms with van der Waals surface area (Å²) in [5.74, 6) is 0.365. The molecule has 21 heavy (non-hydrogen) atoms. The monoisotopic (exact) mass is 305 g/mol. The maximum atomic E-state index is 12.4. The highest BCUT2D eigenvalue weighted by Gasteiger charge is 2.33. The lowest BCUT2D eigenvalue weighted by molar-refractivity contribution is -0.121. The van der Waals surface area contributed by atoms with E-state index in [0.717, 1.165) is 25.1 Å². The van der Waals surface area contributed by atoms with E-state index in [1.165, 1.54) is 5.56 Å². The lowest BCUT2D eigenvalue weighted by Crippen LogP contribution is -2.41.